The van der Waals surface area contributed by atoms with Gasteiger partial charge in [-0.15, -0.1) is 0 Å². The number of amides is 1. The highest BCUT2D eigenvalue weighted by Crippen LogP contribution is 2.13. The van der Waals surface area contributed by atoms with Gasteiger partial charge in [-0.25, -0.2) is 9.18 Å². The summed E-state index contributed by atoms with van der Waals surface area (Å²) >= 11 is 0. The molecule has 0 spiro atoms. The summed E-state index contributed by atoms with van der Waals surface area (Å²) in [6, 6.07) is 1.46. The molecule has 0 aromatic carbocycles. The fourth-order valence-corrected chi connectivity index (χ4v) is 1.96. The third-order valence-electron chi connectivity index (χ3n) is 3.10. The number of nitrogens with zero attached hydrogens (tertiary/aromatic N) is 1. The Morgan fingerprint density at radius 3 is 2.64 bits per heavy atom. The number of carbonyl (C=O) groups excluding carboxylic acids is 1. The molecule has 1 rings (SSSR count). The zero-order chi connectivity index (χ0) is 16.8. The first kappa shape index (κ1) is 18.4. The first-order valence-corrected chi connectivity index (χ1v) is 7.54. The van der Waals surface area contributed by atoms with Gasteiger partial charge in [0, 0.05) is 24.8 Å². The Hall–Kier alpha value is -1.69. The molecule has 0 radical (unpaired) electrons. The first-order valence-electron chi connectivity index (χ1n) is 7.54. The quantitative estimate of drug-likeness (QED) is 0.847. The van der Waals surface area contributed by atoms with Gasteiger partial charge in [-0.1, -0.05) is 6.92 Å². The van der Waals surface area contributed by atoms with Gasteiger partial charge in [0.15, 0.2) is 0 Å². The van der Waals surface area contributed by atoms with E-state index in [-0.39, 0.29) is 17.9 Å². The lowest BCUT2D eigenvalue weighted by molar-refractivity contribution is 0.0521. The topological polar surface area (TPSA) is 63.2 Å². The molecule has 1 amide bonds. The summed E-state index contributed by atoms with van der Waals surface area (Å²) in [7, 11) is 0. The van der Waals surface area contributed by atoms with E-state index in [1.54, 1.807) is 6.20 Å². The average molecular weight is 311 g/mol. The van der Waals surface area contributed by atoms with Crippen LogP contribution in [0, 0.1) is 5.82 Å². The molecule has 0 bridgehead atoms. The van der Waals surface area contributed by atoms with Crippen LogP contribution in [0.1, 0.15) is 52.6 Å². The molecule has 2 unspecified atom stereocenters. The molecule has 6 heteroatoms. The Morgan fingerprint density at radius 2 is 2.09 bits per heavy atom. The van der Waals surface area contributed by atoms with E-state index in [0.29, 0.717) is 6.54 Å². The van der Waals surface area contributed by atoms with Gasteiger partial charge in [0.25, 0.3) is 0 Å². The maximum atomic E-state index is 13.2. The third kappa shape index (κ3) is 6.85. The number of hydrogen-bond acceptors (Lipinski definition) is 4. The number of carbonyl (C=O) groups is 1. The van der Waals surface area contributed by atoms with Crippen LogP contribution in [-0.2, 0) is 4.74 Å². The van der Waals surface area contributed by atoms with Gasteiger partial charge < -0.3 is 15.4 Å². The Kier molecular flexibility index (Phi) is 6.74. The van der Waals surface area contributed by atoms with Gasteiger partial charge in [-0.05, 0) is 45.7 Å². The molecule has 0 saturated carbocycles. The van der Waals surface area contributed by atoms with Gasteiger partial charge in [0.2, 0.25) is 0 Å². The predicted octanol–water partition coefficient (Wildman–Crippen LogP) is 3.17. The first-order chi connectivity index (χ1) is 10.2. The normalized spacial score (nSPS) is 14.3. The standard InChI is InChI=1S/C16H26FN3O2/c1-6-14(10-19-15(21)22-16(3,4)5)20-11(2)12-7-13(17)9-18-8-12/h7-9,11,14,20H,6,10H2,1-5H3,(H,19,21). The van der Waals surface area contributed by atoms with Gasteiger partial charge in [0.1, 0.15) is 11.4 Å². The minimum atomic E-state index is -0.514. The van der Waals surface area contributed by atoms with Crippen LogP contribution < -0.4 is 10.6 Å². The van der Waals surface area contributed by atoms with Crippen LogP contribution in [-0.4, -0.2) is 29.3 Å². The fourth-order valence-electron chi connectivity index (χ4n) is 1.96. The van der Waals surface area contributed by atoms with Gasteiger partial charge >= 0.3 is 6.09 Å². The lowest BCUT2D eigenvalue weighted by atomic mass is 10.1. The Balaban J connectivity index is 2.49. The molecule has 5 nitrogen and oxygen atoms in total. The van der Waals surface area contributed by atoms with Crippen molar-refractivity contribution in [3.8, 4) is 0 Å². The molecular weight excluding hydrogens is 285 g/mol. The molecule has 2 N–H and O–H groups in total. The van der Waals surface area contributed by atoms with Crippen LogP contribution in [0.3, 0.4) is 0 Å². The van der Waals surface area contributed by atoms with Gasteiger partial charge in [-0.2, -0.15) is 0 Å². The number of halogens is 1. The largest absolute Gasteiger partial charge is 0.444 e. The van der Waals surface area contributed by atoms with E-state index in [0.717, 1.165) is 12.0 Å². The number of aromatic nitrogens is 1. The van der Waals surface area contributed by atoms with Crippen molar-refractivity contribution in [2.24, 2.45) is 0 Å². The highest BCUT2D eigenvalue weighted by Gasteiger charge is 2.18. The van der Waals surface area contributed by atoms with Crippen molar-refractivity contribution in [1.29, 1.82) is 0 Å². The summed E-state index contributed by atoms with van der Waals surface area (Å²) in [6.07, 6.45) is 3.20. The molecule has 22 heavy (non-hydrogen) atoms. The second-order valence-electron chi connectivity index (χ2n) is 6.31. The molecular formula is C16H26FN3O2. The van der Waals surface area contributed by atoms with Crippen molar-refractivity contribution in [2.45, 2.75) is 58.7 Å². The maximum Gasteiger partial charge on any atom is 0.407 e. The Labute approximate surface area is 131 Å². The van der Waals surface area contributed by atoms with Crippen molar-refractivity contribution in [1.82, 2.24) is 15.6 Å². The Bertz CT molecular complexity index is 489. The third-order valence-corrected chi connectivity index (χ3v) is 3.10. The van der Waals surface area contributed by atoms with Crippen molar-refractivity contribution < 1.29 is 13.9 Å². The molecule has 2 atom stereocenters. The molecule has 1 aromatic rings. The highest BCUT2D eigenvalue weighted by atomic mass is 19.1. The van der Waals surface area contributed by atoms with E-state index < -0.39 is 11.7 Å². The van der Waals surface area contributed by atoms with Gasteiger partial charge in [-0.3, -0.25) is 4.98 Å². The highest BCUT2D eigenvalue weighted by molar-refractivity contribution is 5.67. The molecule has 124 valence electrons. The monoisotopic (exact) mass is 311 g/mol. The van der Waals surface area contributed by atoms with Gasteiger partial charge in [0.05, 0.1) is 6.20 Å². The van der Waals surface area contributed by atoms with Crippen molar-refractivity contribution in [3.63, 3.8) is 0 Å². The summed E-state index contributed by atoms with van der Waals surface area (Å²) in [4.78, 5) is 15.5. The predicted molar refractivity (Wildman–Crippen MR) is 84.1 cm³/mol. The van der Waals surface area contributed by atoms with E-state index in [2.05, 4.69) is 15.6 Å². The summed E-state index contributed by atoms with van der Waals surface area (Å²) in [6.45, 7) is 9.86. The minimum Gasteiger partial charge on any atom is -0.444 e. The number of ether oxygens (including phenoxy) is 1. The Morgan fingerprint density at radius 1 is 1.41 bits per heavy atom. The van der Waals surface area contributed by atoms with E-state index in [1.807, 2.05) is 34.6 Å². The zero-order valence-corrected chi connectivity index (χ0v) is 13.9. The van der Waals surface area contributed by atoms with Crippen LogP contribution in [0.2, 0.25) is 0 Å². The average Bonchev–Trinajstić information content (AvgIpc) is 2.41. The van der Waals surface area contributed by atoms with Crippen molar-refractivity contribution >= 4 is 6.09 Å². The van der Waals surface area contributed by atoms with Crippen molar-refractivity contribution in [3.05, 3.63) is 29.8 Å². The lowest BCUT2D eigenvalue weighted by Gasteiger charge is -2.24. The van der Waals surface area contributed by atoms with Crippen LogP contribution in [0.4, 0.5) is 9.18 Å². The molecule has 0 fully saturated rings. The molecule has 0 aliphatic rings. The molecule has 1 heterocycles. The second-order valence-corrected chi connectivity index (χ2v) is 6.31. The summed E-state index contributed by atoms with van der Waals surface area (Å²) in [5, 5.41) is 6.10. The number of pyridine rings is 1. The molecule has 0 aliphatic heterocycles. The van der Waals surface area contributed by atoms with Crippen LogP contribution in [0.15, 0.2) is 18.5 Å². The number of alkyl carbamates (subject to hydrolysis) is 1. The number of hydrogen-bond donors (Lipinski definition) is 2. The zero-order valence-electron chi connectivity index (χ0n) is 13.9. The van der Waals surface area contributed by atoms with Crippen LogP contribution in [0.5, 0.6) is 0 Å². The lowest BCUT2D eigenvalue weighted by Crippen LogP contribution is -2.43. The SMILES string of the molecule is CCC(CNC(=O)OC(C)(C)C)NC(C)c1cncc(F)c1. The van der Waals surface area contributed by atoms with E-state index in [1.165, 1.54) is 12.3 Å². The summed E-state index contributed by atoms with van der Waals surface area (Å²) in [5.74, 6) is -0.355. The van der Waals surface area contributed by atoms with E-state index >= 15 is 0 Å². The molecule has 0 saturated heterocycles. The van der Waals surface area contributed by atoms with E-state index in [4.69, 9.17) is 4.74 Å². The summed E-state index contributed by atoms with van der Waals surface area (Å²) in [5.41, 5.74) is 0.260. The van der Waals surface area contributed by atoms with Crippen molar-refractivity contribution in [2.75, 3.05) is 6.54 Å². The smallest absolute Gasteiger partial charge is 0.407 e. The number of nitrogens with one attached hydrogen (secondary N) is 2. The minimum absolute atomic E-state index is 0.0609. The molecule has 0 aliphatic carbocycles. The maximum absolute atomic E-state index is 13.2. The molecule has 1 aromatic heterocycles. The van der Waals surface area contributed by atoms with Crippen LogP contribution >= 0.6 is 0 Å². The summed E-state index contributed by atoms with van der Waals surface area (Å²) < 4.78 is 18.4. The van der Waals surface area contributed by atoms with E-state index in [9.17, 15) is 9.18 Å². The van der Waals surface area contributed by atoms with Crippen LogP contribution in [0.25, 0.3) is 0 Å². The number of rotatable bonds is 6. The second kappa shape index (κ2) is 8.08. The fraction of sp³-hybridized carbons (Fsp3) is 0.625.